The van der Waals surface area contributed by atoms with Crippen molar-refractivity contribution >= 4 is 6.08 Å². The first-order chi connectivity index (χ1) is 6.20. The average molecular weight is 178 g/mol. The van der Waals surface area contributed by atoms with Gasteiger partial charge in [-0.3, -0.25) is 0 Å². The highest BCUT2D eigenvalue weighted by Crippen LogP contribution is 2.03. The number of rotatable bonds is 3. The zero-order valence-electron chi connectivity index (χ0n) is 7.59. The van der Waals surface area contributed by atoms with Crippen molar-refractivity contribution in [3.05, 3.63) is 42.0 Å². The molecule has 0 heterocycles. The molecular weight excluding hydrogens is 164 g/mol. The largest absolute Gasteiger partial charge is 0.390 e. The van der Waals surface area contributed by atoms with Gasteiger partial charge < -0.3 is 10.2 Å². The van der Waals surface area contributed by atoms with E-state index in [1.807, 2.05) is 30.3 Å². The van der Waals surface area contributed by atoms with Crippen LogP contribution in [0.25, 0.3) is 6.08 Å². The van der Waals surface area contributed by atoms with Crippen LogP contribution >= 0.6 is 0 Å². The van der Waals surface area contributed by atoms with Gasteiger partial charge in [0, 0.05) is 0 Å². The molecule has 0 unspecified atom stereocenters. The van der Waals surface area contributed by atoms with E-state index in [0.29, 0.717) is 0 Å². The van der Waals surface area contributed by atoms with Gasteiger partial charge in [-0.2, -0.15) is 0 Å². The second kappa shape index (κ2) is 4.80. The van der Waals surface area contributed by atoms with Crippen molar-refractivity contribution in [1.29, 1.82) is 0 Å². The Morgan fingerprint density at radius 1 is 1.15 bits per heavy atom. The van der Waals surface area contributed by atoms with Gasteiger partial charge in [0.15, 0.2) is 0 Å². The zero-order chi connectivity index (χ0) is 9.68. The number of hydrogen-bond acceptors (Lipinski definition) is 2. The summed E-state index contributed by atoms with van der Waals surface area (Å²) in [5.74, 6) is 0. The van der Waals surface area contributed by atoms with Gasteiger partial charge in [0.25, 0.3) is 0 Å². The fourth-order valence-corrected chi connectivity index (χ4v) is 0.935. The molecule has 0 saturated heterocycles. The monoisotopic (exact) mass is 178 g/mol. The quantitative estimate of drug-likeness (QED) is 0.735. The maximum Gasteiger partial charge on any atom is 0.0980 e. The van der Waals surface area contributed by atoms with Crippen molar-refractivity contribution in [3.8, 4) is 0 Å². The van der Waals surface area contributed by atoms with Gasteiger partial charge in [-0.25, -0.2) is 0 Å². The summed E-state index contributed by atoms with van der Waals surface area (Å²) in [6.45, 7) is 1.56. The van der Waals surface area contributed by atoms with Crippen molar-refractivity contribution in [3.63, 3.8) is 0 Å². The van der Waals surface area contributed by atoms with E-state index >= 15 is 0 Å². The SMILES string of the molecule is C[C@@H](O)[C@H](O)/C=C/c1ccccc1. The topological polar surface area (TPSA) is 40.5 Å². The van der Waals surface area contributed by atoms with Crippen LogP contribution in [0.3, 0.4) is 0 Å². The molecule has 2 heteroatoms. The molecule has 1 rings (SSSR count). The smallest absolute Gasteiger partial charge is 0.0980 e. The maximum atomic E-state index is 9.25. The van der Waals surface area contributed by atoms with E-state index in [1.165, 1.54) is 0 Å². The van der Waals surface area contributed by atoms with Gasteiger partial charge >= 0.3 is 0 Å². The lowest BCUT2D eigenvalue weighted by molar-refractivity contribution is 0.0624. The van der Waals surface area contributed by atoms with E-state index in [2.05, 4.69) is 0 Å². The van der Waals surface area contributed by atoms with Crippen LogP contribution in [0.1, 0.15) is 12.5 Å². The fraction of sp³-hybridized carbons (Fsp3) is 0.273. The van der Waals surface area contributed by atoms with Gasteiger partial charge in [0.05, 0.1) is 12.2 Å². The molecule has 2 nitrogen and oxygen atoms in total. The highest BCUT2D eigenvalue weighted by molar-refractivity contribution is 5.49. The highest BCUT2D eigenvalue weighted by atomic mass is 16.3. The minimum atomic E-state index is -0.791. The molecule has 0 radical (unpaired) electrons. The Balaban J connectivity index is 2.59. The van der Waals surface area contributed by atoms with Crippen LogP contribution in [0.4, 0.5) is 0 Å². The molecule has 1 aromatic carbocycles. The van der Waals surface area contributed by atoms with Crippen LogP contribution in [0.5, 0.6) is 0 Å². The molecule has 0 saturated carbocycles. The Bertz CT molecular complexity index is 265. The Kier molecular flexibility index (Phi) is 3.68. The van der Waals surface area contributed by atoms with Crippen LogP contribution in [0.2, 0.25) is 0 Å². The Morgan fingerprint density at radius 3 is 2.31 bits per heavy atom. The minimum Gasteiger partial charge on any atom is -0.390 e. The van der Waals surface area contributed by atoms with Crippen LogP contribution in [0, 0.1) is 0 Å². The minimum absolute atomic E-state index is 0.722. The van der Waals surface area contributed by atoms with Crippen molar-refractivity contribution in [2.75, 3.05) is 0 Å². The van der Waals surface area contributed by atoms with Crippen LogP contribution in [0.15, 0.2) is 36.4 Å². The second-order valence-corrected chi connectivity index (χ2v) is 3.00. The predicted molar refractivity (Wildman–Crippen MR) is 53.2 cm³/mol. The summed E-state index contributed by atoms with van der Waals surface area (Å²) in [5, 5.41) is 18.2. The molecule has 0 spiro atoms. The normalized spacial score (nSPS) is 15.9. The van der Waals surface area contributed by atoms with Crippen molar-refractivity contribution in [1.82, 2.24) is 0 Å². The number of benzene rings is 1. The first-order valence-electron chi connectivity index (χ1n) is 4.29. The summed E-state index contributed by atoms with van der Waals surface area (Å²) in [4.78, 5) is 0. The molecular formula is C11H14O2. The molecule has 0 amide bonds. The van der Waals surface area contributed by atoms with Gasteiger partial charge in [-0.15, -0.1) is 0 Å². The van der Waals surface area contributed by atoms with Crippen LogP contribution in [-0.2, 0) is 0 Å². The molecule has 0 aliphatic heterocycles. The molecule has 2 atom stereocenters. The molecule has 2 N–H and O–H groups in total. The van der Waals surface area contributed by atoms with Crippen LogP contribution < -0.4 is 0 Å². The first kappa shape index (κ1) is 9.96. The van der Waals surface area contributed by atoms with Gasteiger partial charge in [0.1, 0.15) is 0 Å². The summed E-state index contributed by atoms with van der Waals surface area (Å²) in [5.41, 5.74) is 1.02. The Morgan fingerprint density at radius 2 is 1.77 bits per heavy atom. The highest BCUT2D eigenvalue weighted by Gasteiger charge is 2.04. The van der Waals surface area contributed by atoms with E-state index in [1.54, 1.807) is 19.1 Å². The van der Waals surface area contributed by atoms with E-state index in [0.717, 1.165) is 5.56 Å². The Hall–Kier alpha value is -1.12. The lowest BCUT2D eigenvalue weighted by atomic mass is 10.1. The lowest BCUT2D eigenvalue weighted by Gasteiger charge is -2.07. The lowest BCUT2D eigenvalue weighted by Crippen LogP contribution is -2.19. The average Bonchev–Trinajstić information content (AvgIpc) is 2.15. The van der Waals surface area contributed by atoms with Crippen molar-refractivity contribution in [2.45, 2.75) is 19.1 Å². The number of aliphatic hydroxyl groups is 2. The third-order valence-electron chi connectivity index (χ3n) is 1.78. The molecule has 0 aliphatic rings. The summed E-state index contributed by atoms with van der Waals surface area (Å²) in [6.07, 6.45) is 1.86. The third kappa shape index (κ3) is 3.40. The van der Waals surface area contributed by atoms with Crippen molar-refractivity contribution in [2.24, 2.45) is 0 Å². The standard InChI is InChI=1S/C11H14O2/c1-9(12)11(13)8-7-10-5-3-2-4-6-10/h2-9,11-13H,1H3/b8-7+/t9-,11-/m1/s1. The zero-order valence-corrected chi connectivity index (χ0v) is 7.59. The van der Waals surface area contributed by atoms with E-state index < -0.39 is 12.2 Å². The van der Waals surface area contributed by atoms with Gasteiger partial charge in [-0.05, 0) is 12.5 Å². The van der Waals surface area contributed by atoms with Gasteiger partial charge in [0.2, 0.25) is 0 Å². The summed E-state index contributed by atoms with van der Waals surface area (Å²) in [7, 11) is 0. The van der Waals surface area contributed by atoms with Crippen molar-refractivity contribution < 1.29 is 10.2 Å². The molecule has 0 bridgehead atoms. The summed E-state index contributed by atoms with van der Waals surface area (Å²) >= 11 is 0. The number of aliphatic hydroxyl groups excluding tert-OH is 2. The molecule has 0 fully saturated rings. The summed E-state index contributed by atoms with van der Waals surface area (Å²) < 4.78 is 0. The van der Waals surface area contributed by atoms with Crippen LogP contribution in [-0.4, -0.2) is 22.4 Å². The molecule has 0 aliphatic carbocycles. The Labute approximate surface area is 78.2 Å². The molecule has 13 heavy (non-hydrogen) atoms. The molecule has 70 valence electrons. The summed E-state index contributed by atoms with van der Waals surface area (Å²) in [6, 6.07) is 9.65. The molecule has 0 aromatic heterocycles. The maximum absolute atomic E-state index is 9.25. The molecule has 1 aromatic rings. The first-order valence-corrected chi connectivity index (χ1v) is 4.29. The van der Waals surface area contributed by atoms with E-state index in [9.17, 15) is 5.11 Å². The van der Waals surface area contributed by atoms with Gasteiger partial charge in [-0.1, -0.05) is 42.5 Å². The predicted octanol–water partition coefficient (Wildman–Crippen LogP) is 1.44. The van der Waals surface area contributed by atoms with E-state index in [-0.39, 0.29) is 0 Å². The number of hydrogen-bond donors (Lipinski definition) is 2. The van der Waals surface area contributed by atoms with E-state index in [4.69, 9.17) is 5.11 Å². The fourth-order valence-electron chi connectivity index (χ4n) is 0.935. The third-order valence-corrected chi connectivity index (χ3v) is 1.78. The second-order valence-electron chi connectivity index (χ2n) is 3.00.